The van der Waals surface area contributed by atoms with Crippen LogP contribution < -0.4 is 14.5 Å². The van der Waals surface area contributed by atoms with Gasteiger partial charge in [-0.2, -0.15) is 0 Å². The summed E-state index contributed by atoms with van der Waals surface area (Å²) < 4.78 is 11.9. The Balaban J connectivity index is 1.34. The van der Waals surface area contributed by atoms with Crippen molar-refractivity contribution in [3.63, 3.8) is 0 Å². The summed E-state index contributed by atoms with van der Waals surface area (Å²) in [6.45, 7) is 6.11. The predicted octanol–water partition coefficient (Wildman–Crippen LogP) is 7.09. The van der Waals surface area contributed by atoms with Crippen LogP contribution >= 0.6 is 0 Å². The monoisotopic (exact) mass is 562 g/mol. The number of ether oxygens (including phenoxy) is 1. The lowest BCUT2D eigenvalue weighted by atomic mass is 9.98. The number of aliphatic hydroxyl groups excluding tert-OH is 1. The molecule has 3 aromatic carbocycles. The molecule has 42 heavy (non-hydrogen) atoms. The maximum absolute atomic E-state index is 13.5. The Labute approximate surface area is 245 Å². The molecule has 6 rings (SSSR count). The van der Waals surface area contributed by atoms with Gasteiger partial charge < -0.3 is 19.2 Å². The van der Waals surface area contributed by atoms with E-state index < -0.39 is 17.7 Å². The fourth-order valence-corrected chi connectivity index (χ4v) is 5.79. The highest BCUT2D eigenvalue weighted by Gasteiger charge is 2.48. The summed E-state index contributed by atoms with van der Waals surface area (Å²) in [6.07, 6.45) is 3.56. The van der Waals surface area contributed by atoms with E-state index in [0.717, 1.165) is 42.7 Å². The summed E-state index contributed by atoms with van der Waals surface area (Å²) in [7, 11) is 0. The smallest absolute Gasteiger partial charge is 0.300 e. The van der Waals surface area contributed by atoms with Crippen molar-refractivity contribution in [2.75, 3.05) is 22.9 Å². The van der Waals surface area contributed by atoms with Gasteiger partial charge in [-0.1, -0.05) is 30.3 Å². The zero-order valence-corrected chi connectivity index (χ0v) is 23.9. The molecule has 0 radical (unpaired) electrons. The number of carbonyl (C=O) groups is 2. The van der Waals surface area contributed by atoms with Crippen LogP contribution in [-0.4, -0.2) is 29.9 Å². The molecule has 7 nitrogen and oxygen atoms in total. The molecule has 4 aromatic rings. The third-order valence-corrected chi connectivity index (χ3v) is 8.01. The number of benzene rings is 3. The van der Waals surface area contributed by atoms with Crippen molar-refractivity contribution in [1.82, 2.24) is 0 Å². The molecule has 0 bridgehead atoms. The van der Waals surface area contributed by atoms with Gasteiger partial charge >= 0.3 is 0 Å². The molecular formula is C35H34N2O5. The van der Waals surface area contributed by atoms with Gasteiger partial charge in [0.25, 0.3) is 11.7 Å². The number of ketones is 1. The normalized spacial score (nSPS) is 18.5. The van der Waals surface area contributed by atoms with Gasteiger partial charge in [-0.15, -0.1) is 0 Å². The van der Waals surface area contributed by atoms with Crippen LogP contribution in [0.15, 0.2) is 94.9 Å². The molecule has 214 valence electrons. The van der Waals surface area contributed by atoms with Crippen molar-refractivity contribution in [1.29, 1.82) is 0 Å². The molecule has 3 heterocycles. The summed E-state index contributed by atoms with van der Waals surface area (Å²) in [6, 6.07) is 25.4. The number of hydrogen-bond donors (Lipinski definition) is 1. The molecule has 2 fully saturated rings. The molecule has 0 aliphatic carbocycles. The minimum absolute atomic E-state index is 0.00758. The van der Waals surface area contributed by atoms with Crippen LogP contribution in [0.25, 0.3) is 5.76 Å². The quantitative estimate of drug-likeness (QED) is 0.147. The molecule has 0 spiro atoms. The second kappa shape index (κ2) is 11.6. The van der Waals surface area contributed by atoms with E-state index in [2.05, 4.69) is 4.90 Å². The first-order valence-electron chi connectivity index (χ1n) is 14.4. The zero-order valence-electron chi connectivity index (χ0n) is 23.9. The number of piperidine rings is 1. The zero-order chi connectivity index (χ0) is 29.2. The topological polar surface area (TPSA) is 83.2 Å². The molecule has 1 aromatic heterocycles. The molecule has 2 aliphatic heterocycles. The van der Waals surface area contributed by atoms with E-state index in [1.165, 1.54) is 11.3 Å². The Morgan fingerprint density at radius 1 is 0.881 bits per heavy atom. The first kappa shape index (κ1) is 27.4. The fourth-order valence-electron chi connectivity index (χ4n) is 5.79. The van der Waals surface area contributed by atoms with Gasteiger partial charge in [0, 0.05) is 30.0 Å². The minimum atomic E-state index is -0.908. The Hall–Kier alpha value is -4.78. The highest BCUT2D eigenvalue weighted by Crippen LogP contribution is 2.43. The van der Waals surface area contributed by atoms with Gasteiger partial charge in [-0.3, -0.25) is 14.5 Å². The van der Waals surface area contributed by atoms with Crippen LogP contribution in [0, 0.1) is 13.8 Å². The largest absolute Gasteiger partial charge is 0.507 e. The molecular weight excluding hydrogens is 528 g/mol. The minimum Gasteiger partial charge on any atom is -0.507 e. The van der Waals surface area contributed by atoms with Gasteiger partial charge in [0.15, 0.2) is 0 Å². The molecule has 1 amide bonds. The van der Waals surface area contributed by atoms with Crippen molar-refractivity contribution in [3.8, 4) is 5.75 Å². The van der Waals surface area contributed by atoms with Crippen LogP contribution in [0.4, 0.5) is 11.4 Å². The summed E-state index contributed by atoms with van der Waals surface area (Å²) in [4.78, 5) is 30.8. The fraction of sp³-hybridized carbons (Fsp3) is 0.257. The van der Waals surface area contributed by atoms with Gasteiger partial charge in [-0.05, 0) is 98.8 Å². The van der Waals surface area contributed by atoms with Crippen LogP contribution in [0.3, 0.4) is 0 Å². The molecule has 2 aliphatic rings. The van der Waals surface area contributed by atoms with E-state index in [9.17, 15) is 14.7 Å². The van der Waals surface area contributed by atoms with E-state index in [4.69, 9.17) is 9.15 Å². The maximum Gasteiger partial charge on any atom is 0.300 e. The van der Waals surface area contributed by atoms with E-state index in [0.29, 0.717) is 35.1 Å². The van der Waals surface area contributed by atoms with E-state index >= 15 is 0 Å². The average molecular weight is 563 g/mol. The standard InChI is InChI=1S/C35H34N2O5/c1-23-21-26(12-18-29(23)41-22-25-9-5-3-6-10-25)33(38)31-32(30-17-11-24(2)42-30)37(35(40)34(31)39)28-15-13-27(14-16-28)36-19-7-4-8-20-36/h3,5-6,9-18,21,32,38H,4,7-8,19-20,22H2,1-2H3/b33-31-. The van der Waals surface area contributed by atoms with E-state index in [1.807, 2.05) is 61.5 Å². The summed E-state index contributed by atoms with van der Waals surface area (Å²) in [5, 5.41) is 11.5. The lowest BCUT2D eigenvalue weighted by Crippen LogP contribution is -2.30. The number of amides is 1. The number of Topliss-reactive ketones (excluding diaryl/α,β-unsaturated/α-hetero) is 1. The third kappa shape index (κ3) is 5.30. The number of rotatable bonds is 7. The lowest BCUT2D eigenvalue weighted by Gasteiger charge is -2.29. The molecule has 2 saturated heterocycles. The second-order valence-electron chi connectivity index (χ2n) is 10.9. The maximum atomic E-state index is 13.5. The Bertz CT molecular complexity index is 1630. The van der Waals surface area contributed by atoms with Crippen LogP contribution in [0.5, 0.6) is 5.75 Å². The number of furan rings is 1. The van der Waals surface area contributed by atoms with Crippen molar-refractivity contribution < 1.29 is 23.8 Å². The van der Waals surface area contributed by atoms with Crippen molar-refractivity contribution in [3.05, 3.63) is 119 Å². The van der Waals surface area contributed by atoms with Crippen LogP contribution in [-0.2, 0) is 16.2 Å². The molecule has 0 saturated carbocycles. The number of aryl methyl sites for hydroxylation is 2. The Morgan fingerprint density at radius 2 is 1.60 bits per heavy atom. The number of nitrogens with zero attached hydrogens (tertiary/aromatic N) is 2. The number of aliphatic hydroxyl groups is 1. The molecule has 1 N–H and O–H groups in total. The second-order valence-corrected chi connectivity index (χ2v) is 10.9. The predicted molar refractivity (Wildman–Crippen MR) is 163 cm³/mol. The molecule has 7 heteroatoms. The lowest BCUT2D eigenvalue weighted by molar-refractivity contribution is -0.132. The molecule has 1 unspecified atom stereocenters. The van der Waals surface area contributed by atoms with Gasteiger partial charge in [0.2, 0.25) is 0 Å². The van der Waals surface area contributed by atoms with Crippen molar-refractivity contribution in [2.24, 2.45) is 0 Å². The number of hydrogen-bond acceptors (Lipinski definition) is 6. The van der Waals surface area contributed by atoms with Gasteiger partial charge in [-0.25, -0.2) is 0 Å². The number of anilines is 2. The summed E-state index contributed by atoms with van der Waals surface area (Å²) in [5.41, 5.74) is 3.91. The van der Waals surface area contributed by atoms with E-state index in [1.54, 1.807) is 37.3 Å². The van der Waals surface area contributed by atoms with Crippen molar-refractivity contribution >= 4 is 28.8 Å². The van der Waals surface area contributed by atoms with Crippen LogP contribution in [0.1, 0.15) is 53.5 Å². The Morgan fingerprint density at radius 3 is 2.26 bits per heavy atom. The summed E-state index contributed by atoms with van der Waals surface area (Å²) >= 11 is 0. The first-order valence-corrected chi connectivity index (χ1v) is 14.4. The van der Waals surface area contributed by atoms with Gasteiger partial charge in [0.1, 0.15) is 35.7 Å². The SMILES string of the molecule is Cc1ccc(C2/C(=C(/O)c3ccc(OCc4ccccc4)c(C)c3)C(=O)C(=O)N2c2ccc(N3CCCCC3)cc2)o1. The van der Waals surface area contributed by atoms with Crippen LogP contribution in [0.2, 0.25) is 0 Å². The third-order valence-electron chi connectivity index (χ3n) is 8.01. The summed E-state index contributed by atoms with van der Waals surface area (Å²) in [5.74, 6) is 0.00896. The highest BCUT2D eigenvalue weighted by molar-refractivity contribution is 6.51. The van der Waals surface area contributed by atoms with Gasteiger partial charge in [0.05, 0.1) is 5.57 Å². The molecule has 1 atom stereocenters. The Kier molecular flexibility index (Phi) is 7.57. The highest BCUT2D eigenvalue weighted by atomic mass is 16.5. The number of carbonyl (C=O) groups excluding carboxylic acids is 2. The average Bonchev–Trinajstić information content (AvgIpc) is 3.57. The van der Waals surface area contributed by atoms with E-state index in [-0.39, 0.29) is 11.3 Å². The first-order chi connectivity index (χ1) is 20.4. The van der Waals surface area contributed by atoms with Crippen molar-refractivity contribution in [2.45, 2.75) is 45.8 Å².